The number of phenols is 1. The van der Waals surface area contributed by atoms with Crippen LogP contribution in [0.5, 0.6) is 5.75 Å². The van der Waals surface area contributed by atoms with Gasteiger partial charge in [-0.25, -0.2) is 4.98 Å². The predicted octanol–water partition coefficient (Wildman–Crippen LogP) is 2.88. The maximum atomic E-state index is 12.8. The van der Waals surface area contributed by atoms with E-state index in [0.717, 1.165) is 5.56 Å². The van der Waals surface area contributed by atoms with Gasteiger partial charge in [-0.15, -0.1) is 0 Å². The smallest absolute Gasteiger partial charge is 0.260 e. The van der Waals surface area contributed by atoms with Crippen LogP contribution in [0.3, 0.4) is 0 Å². The van der Waals surface area contributed by atoms with E-state index >= 15 is 0 Å². The van der Waals surface area contributed by atoms with Crippen molar-refractivity contribution >= 4 is 11.7 Å². The van der Waals surface area contributed by atoms with Gasteiger partial charge in [-0.1, -0.05) is 12.1 Å². The standard InChI is InChI=1S/C19H12N4O2/c20-9-12-5-6-17(22-10-12)23-11-15-13(19(23)25)7-8-21-18(15)14-3-1-2-4-16(14)24/h1-8,10,24H,11H2. The molecule has 0 unspecified atom stereocenters. The second-order valence-corrected chi connectivity index (χ2v) is 5.61. The molecule has 4 rings (SSSR count). The van der Waals surface area contributed by atoms with E-state index in [1.165, 1.54) is 11.1 Å². The van der Waals surface area contributed by atoms with Crippen molar-refractivity contribution in [2.45, 2.75) is 6.54 Å². The maximum absolute atomic E-state index is 12.8. The van der Waals surface area contributed by atoms with Crippen LogP contribution < -0.4 is 4.90 Å². The van der Waals surface area contributed by atoms with Gasteiger partial charge in [0.2, 0.25) is 0 Å². The number of benzene rings is 1. The fourth-order valence-electron chi connectivity index (χ4n) is 2.93. The SMILES string of the molecule is N#Cc1ccc(N2Cc3c(ccnc3-c3ccccc3O)C2=O)nc1. The molecule has 3 aromatic rings. The number of amides is 1. The topological polar surface area (TPSA) is 90.1 Å². The van der Waals surface area contributed by atoms with E-state index in [0.29, 0.717) is 34.7 Å². The number of para-hydroxylation sites is 1. The highest BCUT2D eigenvalue weighted by molar-refractivity contribution is 6.10. The van der Waals surface area contributed by atoms with Crippen molar-refractivity contribution in [3.05, 3.63) is 71.5 Å². The third-order valence-electron chi connectivity index (χ3n) is 4.16. The van der Waals surface area contributed by atoms with Gasteiger partial charge in [0.1, 0.15) is 17.6 Å². The molecule has 3 heterocycles. The molecule has 6 heteroatoms. The van der Waals surface area contributed by atoms with Crippen molar-refractivity contribution < 1.29 is 9.90 Å². The Labute approximate surface area is 143 Å². The van der Waals surface area contributed by atoms with Crippen molar-refractivity contribution in [3.8, 4) is 23.1 Å². The number of carbonyl (C=O) groups excluding carboxylic acids is 1. The summed E-state index contributed by atoms with van der Waals surface area (Å²) in [5, 5.41) is 19.0. The number of carbonyl (C=O) groups is 1. The molecule has 1 aliphatic rings. The van der Waals surface area contributed by atoms with Gasteiger partial charge >= 0.3 is 0 Å². The lowest BCUT2D eigenvalue weighted by molar-refractivity contribution is 0.0996. The van der Waals surface area contributed by atoms with E-state index in [-0.39, 0.29) is 11.7 Å². The average molecular weight is 328 g/mol. The molecule has 1 amide bonds. The Morgan fingerprint density at radius 2 is 1.92 bits per heavy atom. The molecule has 1 aliphatic heterocycles. The first kappa shape index (κ1) is 14.8. The van der Waals surface area contributed by atoms with Crippen LogP contribution in [0.1, 0.15) is 21.5 Å². The van der Waals surface area contributed by atoms with Crippen molar-refractivity contribution in [2.24, 2.45) is 0 Å². The molecule has 6 nitrogen and oxygen atoms in total. The third-order valence-corrected chi connectivity index (χ3v) is 4.16. The Morgan fingerprint density at radius 3 is 2.64 bits per heavy atom. The summed E-state index contributed by atoms with van der Waals surface area (Å²) in [5.74, 6) is 0.417. The molecule has 0 saturated carbocycles. The zero-order valence-corrected chi connectivity index (χ0v) is 13.0. The van der Waals surface area contributed by atoms with Gasteiger partial charge in [0, 0.05) is 29.1 Å². The molecule has 0 fully saturated rings. The highest BCUT2D eigenvalue weighted by Gasteiger charge is 2.32. The normalized spacial score (nSPS) is 12.8. The maximum Gasteiger partial charge on any atom is 0.260 e. The summed E-state index contributed by atoms with van der Waals surface area (Å²) in [7, 11) is 0. The van der Waals surface area contributed by atoms with Crippen LogP contribution in [0.4, 0.5) is 5.82 Å². The third kappa shape index (κ3) is 2.39. The molecule has 0 radical (unpaired) electrons. The Hall–Kier alpha value is -3.72. The van der Waals surface area contributed by atoms with Crippen molar-refractivity contribution in [1.29, 1.82) is 5.26 Å². The lowest BCUT2D eigenvalue weighted by Gasteiger charge is -2.14. The summed E-state index contributed by atoms with van der Waals surface area (Å²) < 4.78 is 0. The zero-order valence-electron chi connectivity index (χ0n) is 13.0. The molecule has 120 valence electrons. The number of aromatic nitrogens is 2. The first-order valence-electron chi connectivity index (χ1n) is 7.63. The summed E-state index contributed by atoms with van der Waals surface area (Å²) in [6, 6.07) is 13.9. The number of rotatable bonds is 2. The first-order chi connectivity index (χ1) is 12.2. The minimum atomic E-state index is -0.175. The lowest BCUT2D eigenvalue weighted by atomic mass is 10.0. The van der Waals surface area contributed by atoms with Gasteiger partial charge < -0.3 is 5.11 Å². The molecule has 0 aliphatic carbocycles. The number of hydrogen-bond acceptors (Lipinski definition) is 5. The molecule has 0 atom stereocenters. The summed E-state index contributed by atoms with van der Waals surface area (Å²) in [6.07, 6.45) is 3.00. The van der Waals surface area contributed by atoms with E-state index in [1.54, 1.807) is 42.6 Å². The lowest BCUT2D eigenvalue weighted by Crippen LogP contribution is -2.23. The minimum absolute atomic E-state index is 0.116. The van der Waals surface area contributed by atoms with Crippen LogP contribution in [0.25, 0.3) is 11.3 Å². The Bertz CT molecular complexity index is 1020. The molecule has 0 spiro atoms. The van der Waals surface area contributed by atoms with Crippen LogP contribution >= 0.6 is 0 Å². The van der Waals surface area contributed by atoms with Crippen LogP contribution in [-0.4, -0.2) is 21.0 Å². The fourth-order valence-corrected chi connectivity index (χ4v) is 2.93. The van der Waals surface area contributed by atoms with Crippen LogP contribution in [-0.2, 0) is 6.54 Å². The molecule has 0 saturated heterocycles. The summed E-state index contributed by atoms with van der Waals surface area (Å²) in [4.78, 5) is 22.9. The largest absolute Gasteiger partial charge is 0.507 e. The molecule has 0 bridgehead atoms. The van der Waals surface area contributed by atoms with Gasteiger partial charge in [0.15, 0.2) is 0 Å². The molecular formula is C19H12N4O2. The summed E-state index contributed by atoms with van der Waals surface area (Å²) >= 11 is 0. The second-order valence-electron chi connectivity index (χ2n) is 5.61. The van der Waals surface area contributed by atoms with E-state index in [4.69, 9.17) is 5.26 Å². The van der Waals surface area contributed by atoms with Crippen LogP contribution in [0, 0.1) is 11.3 Å². The summed E-state index contributed by atoms with van der Waals surface area (Å²) in [6.45, 7) is 0.310. The Balaban J connectivity index is 1.78. The fraction of sp³-hybridized carbons (Fsp3) is 0.0526. The number of nitrogens with zero attached hydrogens (tertiary/aromatic N) is 4. The number of phenolic OH excluding ortho intramolecular Hbond substituents is 1. The monoisotopic (exact) mass is 328 g/mol. The average Bonchev–Trinajstić information content (AvgIpc) is 2.99. The Morgan fingerprint density at radius 1 is 1.08 bits per heavy atom. The molecule has 25 heavy (non-hydrogen) atoms. The summed E-state index contributed by atoms with van der Waals surface area (Å²) in [5.41, 5.74) is 2.89. The van der Waals surface area contributed by atoms with Gasteiger partial charge in [0.05, 0.1) is 17.8 Å². The number of fused-ring (bicyclic) bond motifs is 1. The van der Waals surface area contributed by atoms with Crippen molar-refractivity contribution in [2.75, 3.05) is 4.90 Å². The molecule has 1 N–H and O–H groups in total. The predicted molar refractivity (Wildman–Crippen MR) is 90.8 cm³/mol. The Kier molecular flexibility index (Phi) is 3.40. The highest BCUT2D eigenvalue weighted by Crippen LogP contribution is 2.36. The molecule has 1 aromatic carbocycles. The van der Waals surface area contributed by atoms with Crippen LogP contribution in [0.15, 0.2) is 54.9 Å². The quantitative estimate of drug-likeness (QED) is 0.781. The van der Waals surface area contributed by atoms with Gasteiger partial charge in [-0.2, -0.15) is 5.26 Å². The molecular weight excluding hydrogens is 316 g/mol. The molecule has 2 aromatic heterocycles. The first-order valence-corrected chi connectivity index (χ1v) is 7.63. The minimum Gasteiger partial charge on any atom is -0.507 e. The number of pyridine rings is 2. The van der Waals surface area contributed by atoms with E-state index in [9.17, 15) is 9.90 Å². The highest BCUT2D eigenvalue weighted by atomic mass is 16.3. The number of hydrogen-bond donors (Lipinski definition) is 1. The van der Waals surface area contributed by atoms with E-state index in [1.807, 2.05) is 12.1 Å². The van der Waals surface area contributed by atoms with Gasteiger partial charge in [-0.3, -0.25) is 14.7 Å². The number of anilines is 1. The van der Waals surface area contributed by atoms with Crippen molar-refractivity contribution in [3.63, 3.8) is 0 Å². The van der Waals surface area contributed by atoms with Gasteiger partial charge in [0.25, 0.3) is 5.91 Å². The zero-order chi connectivity index (χ0) is 17.4. The van der Waals surface area contributed by atoms with E-state index in [2.05, 4.69) is 9.97 Å². The number of aromatic hydroxyl groups is 1. The van der Waals surface area contributed by atoms with Gasteiger partial charge in [-0.05, 0) is 30.3 Å². The van der Waals surface area contributed by atoms with Crippen molar-refractivity contribution in [1.82, 2.24) is 9.97 Å². The van der Waals surface area contributed by atoms with E-state index < -0.39 is 0 Å². The second kappa shape index (κ2) is 5.73. The van der Waals surface area contributed by atoms with Crippen LogP contribution in [0.2, 0.25) is 0 Å². The number of nitriles is 1.